The van der Waals surface area contributed by atoms with Crippen molar-refractivity contribution in [3.05, 3.63) is 96.6 Å². The summed E-state index contributed by atoms with van der Waals surface area (Å²) in [6.07, 6.45) is 2.68. The molecule has 0 fully saturated rings. The maximum absolute atomic E-state index is 12.4. The third kappa shape index (κ3) is 11.5. The number of carbonyl (C=O) groups is 2. The monoisotopic (exact) mass is 624 g/mol. The molecule has 3 rings (SSSR count). The summed E-state index contributed by atoms with van der Waals surface area (Å²) >= 11 is 0. The molecule has 0 spiro atoms. The van der Waals surface area contributed by atoms with Gasteiger partial charge in [-0.2, -0.15) is 8.78 Å². The Kier molecular flexibility index (Phi) is 14.2. The molecule has 1 atom stereocenters. The fraction of sp³-hybridized carbons (Fsp3) is 0.314. The molecule has 3 aromatic carbocycles. The fourth-order valence-electron chi connectivity index (χ4n) is 4.27. The Morgan fingerprint density at radius 1 is 0.822 bits per heavy atom. The Labute approximate surface area is 261 Å². The average molecular weight is 625 g/mol. The third-order valence-corrected chi connectivity index (χ3v) is 6.91. The first-order chi connectivity index (χ1) is 21.7. The van der Waals surface area contributed by atoms with E-state index in [1.165, 1.54) is 0 Å². The van der Waals surface area contributed by atoms with E-state index in [0.717, 1.165) is 53.2 Å². The average Bonchev–Trinajstić information content (AvgIpc) is 3.05. The lowest BCUT2D eigenvalue weighted by atomic mass is 9.92. The van der Waals surface area contributed by atoms with Gasteiger partial charge in [0.2, 0.25) is 13.6 Å². The smallest absolute Gasteiger partial charge is 0.338 e. The number of hydrogen-bond donors (Lipinski definition) is 2. The molecule has 0 heterocycles. The normalized spacial score (nSPS) is 11.3. The first-order valence-corrected chi connectivity index (χ1v) is 14.6. The second-order valence-electron chi connectivity index (χ2n) is 10.3. The highest BCUT2D eigenvalue weighted by Gasteiger charge is 2.13. The van der Waals surface area contributed by atoms with Crippen LogP contribution >= 0.6 is 0 Å². The van der Waals surface area contributed by atoms with Gasteiger partial charge in [-0.15, -0.1) is 0 Å². The highest BCUT2D eigenvalue weighted by molar-refractivity contribution is 5.87. The summed E-state index contributed by atoms with van der Waals surface area (Å²) in [4.78, 5) is 23.3. The van der Waals surface area contributed by atoms with Gasteiger partial charge in [-0.3, -0.25) is 4.79 Å². The fourth-order valence-corrected chi connectivity index (χ4v) is 4.27. The number of allylic oxidation sites excluding steroid dienone is 1. The van der Waals surface area contributed by atoms with Crippen molar-refractivity contribution in [1.82, 2.24) is 0 Å². The number of aryl methyl sites for hydroxylation is 1. The van der Waals surface area contributed by atoms with Crippen molar-refractivity contribution in [1.29, 1.82) is 0 Å². The predicted octanol–water partition coefficient (Wildman–Crippen LogP) is 6.84. The third-order valence-electron chi connectivity index (χ3n) is 6.91. The molecule has 0 aliphatic carbocycles. The van der Waals surface area contributed by atoms with Gasteiger partial charge in [0.1, 0.15) is 11.5 Å². The van der Waals surface area contributed by atoms with E-state index < -0.39 is 30.5 Å². The summed E-state index contributed by atoms with van der Waals surface area (Å²) < 4.78 is 45.7. The van der Waals surface area contributed by atoms with Gasteiger partial charge in [-0.1, -0.05) is 55.5 Å². The van der Waals surface area contributed by atoms with Gasteiger partial charge >= 0.3 is 11.9 Å². The minimum Gasteiger partial charge on any atom is -0.457 e. The number of ether oxygens (including phenoxy) is 4. The summed E-state index contributed by atoms with van der Waals surface area (Å²) in [7, 11) is 0. The van der Waals surface area contributed by atoms with Crippen LogP contribution in [0.1, 0.15) is 38.2 Å². The topological polar surface area (TPSA) is 112 Å². The summed E-state index contributed by atoms with van der Waals surface area (Å²) in [6, 6.07) is 20.9. The standard InChI is InChI=1S/C35H38F2O8/c1-24(20-38)34(40)44-22-42-30-14-9-26(10-15-30)28-13-18-32(29(19-28)7-5-3-4-6-8-33(36)37)27-11-16-31(17-12-27)43-23-45-35(41)25(2)21-39/h8-19,24,38-39H,2-7,20-23H2,1H3. The minimum absolute atomic E-state index is 0.0625. The van der Waals surface area contributed by atoms with Crippen LogP contribution in [0, 0.1) is 5.92 Å². The van der Waals surface area contributed by atoms with Gasteiger partial charge in [-0.25, -0.2) is 4.79 Å². The van der Waals surface area contributed by atoms with E-state index in [1.807, 2.05) is 36.4 Å². The number of hydrogen-bond acceptors (Lipinski definition) is 8. The lowest BCUT2D eigenvalue weighted by molar-refractivity contribution is -0.155. The van der Waals surface area contributed by atoms with Crippen molar-refractivity contribution in [3.63, 3.8) is 0 Å². The molecule has 0 saturated carbocycles. The van der Waals surface area contributed by atoms with Crippen molar-refractivity contribution in [2.45, 2.75) is 39.0 Å². The molecule has 8 nitrogen and oxygen atoms in total. The molecule has 0 aliphatic heterocycles. The van der Waals surface area contributed by atoms with Crippen LogP contribution < -0.4 is 9.47 Å². The number of halogens is 2. The number of aliphatic hydroxyl groups excluding tert-OH is 2. The first kappa shape index (κ1) is 34.9. The van der Waals surface area contributed by atoms with Gasteiger partial charge < -0.3 is 29.2 Å². The van der Waals surface area contributed by atoms with Crippen LogP contribution in [0.3, 0.4) is 0 Å². The number of unbranched alkanes of at least 4 members (excludes halogenated alkanes) is 3. The zero-order valence-corrected chi connectivity index (χ0v) is 25.2. The van der Waals surface area contributed by atoms with Crippen molar-refractivity contribution in [3.8, 4) is 33.8 Å². The lowest BCUT2D eigenvalue weighted by Gasteiger charge is -2.14. The molecule has 240 valence electrons. The molecule has 2 N–H and O–H groups in total. The maximum atomic E-state index is 12.4. The number of rotatable bonds is 18. The number of esters is 2. The van der Waals surface area contributed by atoms with E-state index in [0.29, 0.717) is 24.3 Å². The molecule has 3 aromatic rings. The molecule has 0 amide bonds. The second kappa shape index (κ2) is 18.3. The number of carbonyl (C=O) groups excluding carboxylic acids is 2. The summed E-state index contributed by atoms with van der Waals surface area (Å²) in [5.74, 6) is -0.880. The lowest BCUT2D eigenvalue weighted by Crippen LogP contribution is -2.20. The van der Waals surface area contributed by atoms with Crippen LogP contribution in [0.15, 0.2) is 91.0 Å². The molecular formula is C35H38F2O8. The van der Waals surface area contributed by atoms with Crippen LogP contribution in [-0.2, 0) is 25.5 Å². The largest absolute Gasteiger partial charge is 0.457 e. The number of benzene rings is 3. The van der Waals surface area contributed by atoms with Crippen LogP contribution in [0.2, 0.25) is 0 Å². The highest BCUT2D eigenvalue weighted by Crippen LogP contribution is 2.32. The zero-order valence-electron chi connectivity index (χ0n) is 25.2. The van der Waals surface area contributed by atoms with Crippen LogP contribution in [0.5, 0.6) is 11.5 Å². The minimum atomic E-state index is -1.65. The summed E-state index contributed by atoms with van der Waals surface area (Å²) in [5, 5.41) is 18.0. The van der Waals surface area contributed by atoms with Gasteiger partial charge in [0.15, 0.2) is 0 Å². The molecule has 0 aliphatic rings. The molecular weight excluding hydrogens is 586 g/mol. The van der Waals surface area contributed by atoms with E-state index >= 15 is 0 Å². The van der Waals surface area contributed by atoms with Crippen LogP contribution in [0.25, 0.3) is 22.3 Å². The second-order valence-corrected chi connectivity index (χ2v) is 10.3. The van der Waals surface area contributed by atoms with Gasteiger partial charge in [0, 0.05) is 0 Å². The number of aliphatic hydroxyl groups is 2. The Hall–Kier alpha value is -4.54. The van der Waals surface area contributed by atoms with E-state index in [4.69, 9.17) is 29.2 Å². The van der Waals surface area contributed by atoms with E-state index in [2.05, 4.69) is 12.6 Å². The SMILES string of the molecule is C=C(CO)C(=O)OCOc1ccc(-c2ccc(-c3ccc(OCOC(=O)C(C)CO)cc3)cc2CCCCCC=C(F)F)cc1. The molecule has 45 heavy (non-hydrogen) atoms. The molecule has 10 heteroatoms. The molecule has 0 bridgehead atoms. The van der Waals surface area contributed by atoms with Gasteiger partial charge in [0.25, 0.3) is 6.08 Å². The molecule has 0 saturated heterocycles. The van der Waals surface area contributed by atoms with Crippen molar-refractivity contribution in [2.24, 2.45) is 5.92 Å². The quantitative estimate of drug-likeness (QED) is 0.0685. The first-order valence-electron chi connectivity index (χ1n) is 14.6. The molecule has 0 radical (unpaired) electrons. The van der Waals surface area contributed by atoms with Gasteiger partial charge in [0.05, 0.1) is 24.7 Å². The van der Waals surface area contributed by atoms with Crippen LogP contribution in [0.4, 0.5) is 8.78 Å². The Balaban J connectivity index is 1.72. The van der Waals surface area contributed by atoms with Crippen molar-refractivity contribution >= 4 is 11.9 Å². The summed E-state index contributed by atoms with van der Waals surface area (Å²) in [5.41, 5.74) is 4.93. The Morgan fingerprint density at radius 2 is 1.42 bits per heavy atom. The Morgan fingerprint density at radius 3 is 2.02 bits per heavy atom. The molecule has 1 unspecified atom stereocenters. The zero-order chi connectivity index (χ0) is 32.6. The molecule has 0 aromatic heterocycles. The summed E-state index contributed by atoms with van der Waals surface area (Å²) in [6.45, 7) is 3.59. The van der Waals surface area contributed by atoms with E-state index in [1.54, 1.807) is 31.2 Å². The van der Waals surface area contributed by atoms with Crippen molar-refractivity contribution in [2.75, 3.05) is 26.8 Å². The van der Waals surface area contributed by atoms with Gasteiger partial charge in [-0.05, 0) is 90.8 Å². The predicted molar refractivity (Wildman–Crippen MR) is 165 cm³/mol. The Bertz CT molecular complexity index is 1430. The van der Waals surface area contributed by atoms with E-state index in [-0.39, 0.29) is 25.8 Å². The van der Waals surface area contributed by atoms with E-state index in [9.17, 15) is 18.4 Å². The van der Waals surface area contributed by atoms with Crippen molar-refractivity contribution < 1.29 is 47.5 Å². The van der Waals surface area contributed by atoms with Crippen LogP contribution in [-0.4, -0.2) is 49.0 Å². The maximum Gasteiger partial charge on any atom is 0.338 e. The highest BCUT2D eigenvalue weighted by atomic mass is 19.3.